The molecule has 7 nitrogen and oxygen atoms in total. The number of nitrogens with one attached hydrogen (secondary N) is 2. The maximum absolute atomic E-state index is 12.7. The summed E-state index contributed by atoms with van der Waals surface area (Å²) >= 11 is 0. The molecule has 0 saturated heterocycles. The predicted molar refractivity (Wildman–Crippen MR) is 103 cm³/mol. The van der Waals surface area contributed by atoms with Crippen LogP contribution in [0.3, 0.4) is 0 Å². The van der Waals surface area contributed by atoms with Crippen LogP contribution in [0.4, 0.5) is 0 Å². The SMILES string of the molecule is CCNC(=O)[C@@H](C)NC(=O)COC(=O)c1ccccc1C(=O)c1ccccc1. The molecule has 2 aromatic rings. The fourth-order valence-electron chi connectivity index (χ4n) is 2.49. The minimum Gasteiger partial charge on any atom is -0.452 e. The van der Waals surface area contributed by atoms with E-state index in [9.17, 15) is 19.2 Å². The first kappa shape index (κ1) is 20.8. The molecule has 28 heavy (non-hydrogen) atoms. The zero-order valence-corrected chi connectivity index (χ0v) is 15.7. The Morgan fingerprint density at radius 3 is 2.18 bits per heavy atom. The molecule has 0 fully saturated rings. The molecule has 7 heteroatoms. The highest BCUT2D eigenvalue weighted by molar-refractivity contribution is 6.14. The summed E-state index contributed by atoms with van der Waals surface area (Å²) < 4.78 is 5.02. The van der Waals surface area contributed by atoms with Gasteiger partial charge in [-0.1, -0.05) is 48.5 Å². The summed E-state index contributed by atoms with van der Waals surface area (Å²) in [5.74, 6) is -2.05. The normalized spacial score (nSPS) is 11.2. The lowest BCUT2D eigenvalue weighted by atomic mass is 9.98. The van der Waals surface area contributed by atoms with E-state index in [0.717, 1.165) is 0 Å². The number of ether oxygens (including phenoxy) is 1. The van der Waals surface area contributed by atoms with Gasteiger partial charge in [0, 0.05) is 17.7 Å². The predicted octanol–water partition coefficient (Wildman–Crippen LogP) is 1.72. The van der Waals surface area contributed by atoms with Gasteiger partial charge in [0.15, 0.2) is 12.4 Å². The molecule has 0 aromatic heterocycles. The lowest BCUT2D eigenvalue weighted by Crippen LogP contribution is -2.46. The Balaban J connectivity index is 2.02. The lowest BCUT2D eigenvalue weighted by molar-refractivity contribution is -0.130. The summed E-state index contributed by atoms with van der Waals surface area (Å²) in [6, 6.07) is 14.1. The van der Waals surface area contributed by atoms with Crippen LogP contribution in [0.15, 0.2) is 54.6 Å². The van der Waals surface area contributed by atoms with E-state index in [2.05, 4.69) is 10.6 Å². The maximum Gasteiger partial charge on any atom is 0.339 e. The Morgan fingerprint density at radius 2 is 1.54 bits per heavy atom. The molecule has 0 aliphatic heterocycles. The number of likely N-dealkylation sites (N-methyl/N-ethyl adjacent to an activating group) is 1. The summed E-state index contributed by atoms with van der Waals surface area (Å²) in [5, 5.41) is 5.02. The van der Waals surface area contributed by atoms with Crippen LogP contribution < -0.4 is 10.6 Å². The van der Waals surface area contributed by atoms with Gasteiger partial charge < -0.3 is 15.4 Å². The second-order valence-corrected chi connectivity index (χ2v) is 6.00. The average molecular weight is 382 g/mol. The minimum absolute atomic E-state index is 0.0703. The first-order valence-electron chi connectivity index (χ1n) is 8.87. The molecule has 146 valence electrons. The Kier molecular flexibility index (Phi) is 7.45. The third-order valence-electron chi connectivity index (χ3n) is 3.88. The van der Waals surface area contributed by atoms with Crippen molar-refractivity contribution >= 4 is 23.6 Å². The van der Waals surface area contributed by atoms with Crippen molar-refractivity contribution < 1.29 is 23.9 Å². The molecule has 0 aliphatic rings. The van der Waals surface area contributed by atoms with E-state index in [0.29, 0.717) is 12.1 Å². The highest BCUT2D eigenvalue weighted by Gasteiger charge is 2.21. The van der Waals surface area contributed by atoms with Crippen LogP contribution in [0.1, 0.15) is 40.1 Å². The monoisotopic (exact) mass is 382 g/mol. The second kappa shape index (κ2) is 10.0. The average Bonchev–Trinajstić information content (AvgIpc) is 2.72. The third-order valence-corrected chi connectivity index (χ3v) is 3.88. The van der Waals surface area contributed by atoms with Crippen LogP contribution in [0.2, 0.25) is 0 Å². The minimum atomic E-state index is -0.791. The van der Waals surface area contributed by atoms with Gasteiger partial charge in [-0.05, 0) is 19.9 Å². The van der Waals surface area contributed by atoms with Crippen molar-refractivity contribution in [1.29, 1.82) is 0 Å². The molecule has 2 N–H and O–H groups in total. The zero-order chi connectivity index (χ0) is 20.5. The molecular formula is C21H22N2O5. The van der Waals surface area contributed by atoms with Gasteiger partial charge in [-0.15, -0.1) is 0 Å². The van der Waals surface area contributed by atoms with Gasteiger partial charge in [0.1, 0.15) is 6.04 Å². The Labute approximate surface area is 163 Å². The van der Waals surface area contributed by atoms with Crippen molar-refractivity contribution in [1.82, 2.24) is 10.6 Å². The molecular weight excluding hydrogens is 360 g/mol. The van der Waals surface area contributed by atoms with Gasteiger partial charge in [0.25, 0.3) is 5.91 Å². The van der Waals surface area contributed by atoms with Crippen molar-refractivity contribution in [3.63, 3.8) is 0 Å². The summed E-state index contributed by atoms with van der Waals surface area (Å²) in [5.41, 5.74) is 0.701. The van der Waals surface area contributed by atoms with Crippen molar-refractivity contribution in [3.05, 3.63) is 71.3 Å². The van der Waals surface area contributed by atoms with Gasteiger partial charge in [-0.25, -0.2) is 4.79 Å². The zero-order valence-electron chi connectivity index (χ0n) is 15.7. The lowest BCUT2D eigenvalue weighted by Gasteiger charge is -2.13. The molecule has 2 rings (SSSR count). The van der Waals surface area contributed by atoms with Gasteiger partial charge >= 0.3 is 5.97 Å². The van der Waals surface area contributed by atoms with Crippen LogP contribution in [0.25, 0.3) is 0 Å². The number of esters is 1. The van der Waals surface area contributed by atoms with Crippen molar-refractivity contribution in [3.8, 4) is 0 Å². The van der Waals surface area contributed by atoms with E-state index in [1.165, 1.54) is 19.1 Å². The number of hydrogen-bond acceptors (Lipinski definition) is 5. The van der Waals surface area contributed by atoms with Gasteiger partial charge in [0.05, 0.1) is 5.56 Å². The topological polar surface area (TPSA) is 102 Å². The molecule has 0 bridgehead atoms. The summed E-state index contributed by atoms with van der Waals surface area (Å²) in [4.78, 5) is 48.6. The number of benzene rings is 2. The number of carbonyl (C=O) groups excluding carboxylic acids is 4. The largest absolute Gasteiger partial charge is 0.452 e. The van der Waals surface area contributed by atoms with E-state index < -0.39 is 24.5 Å². The molecule has 0 spiro atoms. The molecule has 0 unspecified atom stereocenters. The number of ketones is 1. The summed E-state index contributed by atoms with van der Waals surface area (Å²) in [6.07, 6.45) is 0. The van der Waals surface area contributed by atoms with Crippen molar-refractivity contribution in [2.24, 2.45) is 0 Å². The smallest absolute Gasteiger partial charge is 0.339 e. The molecule has 1 atom stereocenters. The number of amides is 2. The maximum atomic E-state index is 12.7. The van der Waals surface area contributed by atoms with Gasteiger partial charge in [-0.2, -0.15) is 0 Å². The third kappa shape index (κ3) is 5.51. The van der Waals surface area contributed by atoms with E-state index in [1.54, 1.807) is 49.4 Å². The first-order valence-corrected chi connectivity index (χ1v) is 8.87. The van der Waals surface area contributed by atoms with Crippen LogP contribution in [-0.4, -0.2) is 42.8 Å². The molecule has 0 saturated carbocycles. The molecule has 0 aliphatic carbocycles. The van der Waals surface area contributed by atoms with Crippen LogP contribution in [0.5, 0.6) is 0 Å². The Morgan fingerprint density at radius 1 is 0.929 bits per heavy atom. The second-order valence-electron chi connectivity index (χ2n) is 6.00. The van der Waals surface area contributed by atoms with Crippen LogP contribution in [-0.2, 0) is 14.3 Å². The fourth-order valence-corrected chi connectivity index (χ4v) is 2.49. The van der Waals surface area contributed by atoms with Gasteiger partial charge in [0.2, 0.25) is 5.91 Å². The standard InChI is InChI=1S/C21H22N2O5/c1-3-22-20(26)14(2)23-18(24)13-28-21(27)17-12-8-7-11-16(17)19(25)15-9-5-4-6-10-15/h4-12,14H,3,13H2,1-2H3,(H,22,26)(H,23,24)/t14-/m1/s1. The number of carbonyl (C=O) groups is 4. The number of rotatable bonds is 8. The van der Waals surface area contributed by atoms with E-state index in [1.807, 2.05) is 0 Å². The Hall–Kier alpha value is -3.48. The number of hydrogen-bond donors (Lipinski definition) is 2. The quantitative estimate of drug-likeness (QED) is 0.535. The van der Waals surface area contributed by atoms with Crippen molar-refractivity contribution in [2.75, 3.05) is 13.2 Å². The molecule has 2 aromatic carbocycles. The first-order chi connectivity index (χ1) is 13.4. The fraction of sp³-hybridized carbons (Fsp3) is 0.238. The van der Waals surface area contributed by atoms with E-state index in [4.69, 9.17) is 4.74 Å². The van der Waals surface area contributed by atoms with E-state index >= 15 is 0 Å². The van der Waals surface area contributed by atoms with Gasteiger partial charge in [-0.3, -0.25) is 14.4 Å². The molecule has 0 heterocycles. The van der Waals surface area contributed by atoms with E-state index in [-0.39, 0.29) is 22.8 Å². The van der Waals surface area contributed by atoms with Crippen molar-refractivity contribution in [2.45, 2.75) is 19.9 Å². The Bertz CT molecular complexity index is 864. The van der Waals surface area contributed by atoms with Crippen LogP contribution in [0, 0.1) is 0 Å². The highest BCUT2D eigenvalue weighted by atomic mass is 16.5. The summed E-state index contributed by atoms with van der Waals surface area (Å²) in [7, 11) is 0. The van der Waals surface area contributed by atoms with Crippen LogP contribution >= 0.6 is 0 Å². The highest BCUT2D eigenvalue weighted by Crippen LogP contribution is 2.15. The molecule has 0 radical (unpaired) electrons. The molecule has 2 amide bonds. The summed E-state index contributed by atoms with van der Waals surface area (Å²) in [6.45, 7) is 3.18.